The Hall–Kier alpha value is -1.34. The predicted octanol–water partition coefficient (Wildman–Crippen LogP) is -0.293. The number of amides is 2. The highest BCUT2D eigenvalue weighted by Crippen LogP contribution is 2.02. The van der Waals surface area contributed by atoms with Gasteiger partial charge in [0.1, 0.15) is 0 Å². The van der Waals surface area contributed by atoms with Gasteiger partial charge in [-0.15, -0.1) is 0 Å². The van der Waals surface area contributed by atoms with E-state index in [9.17, 15) is 9.59 Å². The lowest BCUT2D eigenvalue weighted by atomic mass is 10.0. The fourth-order valence-electron chi connectivity index (χ4n) is 1.48. The van der Waals surface area contributed by atoms with Gasteiger partial charge in [-0.05, 0) is 20.0 Å². The number of carbonyl (C=O) groups is 2. The zero-order valence-electron chi connectivity index (χ0n) is 12.0. The summed E-state index contributed by atoms with van der Waals surface area (Å²) in [6.07, 6.45) is -1.45. The molecule has 0 aliphatic rings. The van der Waals surface area contributed by atoms with Gasteiger partial charge < -0.3 is 25.7 Å². The second-order valence-corrected chi connectivity index (χ2v) is 5.16. The second-order valence-electron chi connectivity index (χ2n) is 5.16. The minimum Gasteiger partial charge on any atom is -0.479 e. The first-order chi connectivity index (χ1) is 8.73. The van der Waals surface area contributed by atoms with Crippen LogP contribution in [0.2, 0.25) is 0 Å². The van der Waals surface area contributed by atoms with E-state index < -0.39 is 12.1 Å². The first-order valence-corrected chi connectivity index (χ1v) is 6.34. The highest BCUT2D eigenvalue weighted by Gasteiger charge is 2.17. The number of rotatable bonds is 8. The van der Waals surface area contributed by atoms with Gasteiger partial charge in [0.25, 0.3) is 0 Å². The maximum absolute atomic E-state index is 11.6. The van der Waals surface area contributed by atoms with E-state index in [-0.39, 0.29) is 31.0 Å². The van der Waals surface area contributed by atoms with Gasteiger partial charge in [-0.2, -0.15) is 0 Å². The molecule has 2 atom stereocenters. The van der Waals surface area contributed by atoms with Crippen molar-refractivity contribution in [3.05, 3.63) is 0 Å². The van der Waals surface area contributed by atoms with E-state index in [1.54, 1.807) is 0 Å². The summed E-state index contributed by atoms with van der Waals surface area (Å²) in [5, 5.41) is 22.9. The highest BCUT2D eigenvalue weighted by molar-refractivity contribution is 5.74. The molecule has 4 N–H and O–H groups in total. The first-order valence-electron chi connectivity index (χ1n) is 6.34. The molecule has 0 spiro atoms. The van der Waals surface area contributed by atoms with Crippen molar-refractivity contribution in [1.29, 1.82) is 0 Å². The minimum atomic E-state index is -1.44. The number of aliphatic carboxylic acids is 1. The van der Waals surface area contributed by atoms with Crippen LogP contribution < -0.4 is 10.6 Å². The SMILES string of the molecule is CC(C)C(CN(C)C)NC(=O)NCC[C@H](O)C(=O)O. The van der Waals surface area contributed by atoms with Crippen LogP contribution >= 0.6 is 0 Å². The molecule has 7 heteroatoms. The van der Waals surface area contributed by atoms with Gasteiger partial charge >= 0.3 is 12.0 Å². The first kappa shape index (κ1) is 17.7. The lowest BCUT2D eigenvalue weighted by molar-refractivity contribution is -0.146. The summed E-state index contributed by atoms with van der Waals surface area (Å²) < 4.78 is 0. The quantitative estimate of drug-likeness (QED) is 0.487. The Labute approximate surface area is 114 Å². The smallest absolute Gasteiger partial charge is 0.332 e. The Kier molecular flexibility index (Phi) is 8.09. The molecule has 19 heavy (non-hydrogen) atoms. The summed E-state index contributed by atoms with van der Waals surface area (Å²) in [6.45, 7) is 4.88. The molecule has 0 rings (SSSR count). The molecule has 112 valence electrons. The Morgan fingerprint density at radius 3 is 2.26 bits per heavy atom. The molecule has 0 aromatic heterocycles. The van der Waals surface area contributed by atoms with Crippen LogP contribution in [-0.2, 0) is 4.79 Å². The number of urea groups is 1. The fraction of sp³-hybridized carbons (Fsp3) is 0.833. The summed E-state index contributed by atoms with van der Waals surface area (Å²) >= 11 is 0. The summed E-state index contributed by atoms with van der Waals surface area (Å²) in [7, 11) is 3.86. The number of nitrogens with one attached hydrogen (secondary N) is 2. The van der Waals surface area contributed by atoms with E-state index in [4.69, 9.17) is 10.2 Å². The molecular formula is C12H25N3O4. The summed E-state index contributed by atoms with van der Waals surface area (Å²) in [4.78, 5) is 24.0. The monoisotopic (exact) mass is 275 g/mol. The maximum atomic E-state index is 11.6. The molecule has 2 amide bonds. The van der Waals surface area contributed by atoms with Crippen LogP contribution in [0.4, 0.5) is 4.79 Å². The van der Waals surface area contributed by atoms with Crippen LogP contribution in [0, 0.1) is 5.92 Å². The maximum Gasteiger partial charge on any atom is 0.332 e. The molecule has 0 heterocycles. The Morgan fingerprint density at radius 1 is 1.26 bits per heavy atom. The molecule has 0 aromatic rings. The zero-order chi connectivity index (χ0) is 15.0. The van der Waals surface area contributed by atoms with E-state index in [0.717, 1.165) is 6.54 Å². The van der Waals surface area contributed by atoms with Crippen LogP contribution in [-0.4, -0.2) is 66.4 Å². The van der Waals surface area contributed by atoms with Gasteiger partial charge in [-0.3, -0.25) is 0 Å². The number of hydrogen-bond donors (Lipinski definition) is 4. The third kappa shape index (κ3) is 8.39. The fourth-order valence-corrected chi connectivity index (χ4v) is 1.48. The molecule has 0 aromatic carbocycles. The molecule has 0 aliphatic carbocycles. The molecular weight excluding hydrogens is 250 g/mol. The van der Waals surface area contributed by atoms with E-state index in [2.05, 4.69) is 10.6 Å². The summed E-state index contributed by atoms with van der Waals surface area (Å²) in [5.41, 5.74) is 0. The Morgan fingerprint density at radius 2 is 1.84 bits per heavy atom. The van der Waals surface area contributed by atoms with Crippen LogP contribution in [0.3, 0.4) is 0 Å². The number of aliphatic hydroxyl groups excluding tert-OH is 1. The van der Waals surface area contributed by atoms with E-state index in [1.807, 2.05) is 32.8 Å². The number of nitrogens with zero attached hydrogens (tertiary/aromatic N) is 1. The average Bonchev–Trinajstić information content (AvgIpc) is 2.26. The van der Waals surface area contributed by atoms with Crippen molar-refractivity contribution < 1.29 is 19.8 Å². The molecule has 1 unspecified atom stereocenters. The summed E-state index contributed by atoms with van der Waals surface area (Å²) in [5.74, 6) is -0.993. The predicted molar refractivity (Wildman–Crippen MR) is 72.0 cm³/mol. The van der Waals surface area contributed by atoms with E-state index in [1.165, 1.54) is 0 Å². The van der Waals surface area contributed by atoms with Crippen molar-refractivity contribution in [2.75, 3.05) is 27.2 Å². The average molecular weight is 275 g/mol. The van der Waals surface area contributed by atoms with Gasteiger partial charge in [-0.1, -0.05) is 13.8 Å². The number of carbonyl (C=O) groups excluding carboxylic acids is 1. The molecule has 7 nitrogen and oxygen atoms in total. The molecule has 0 radical (unpaired) electrons. The van der Waals surface area contributed by atoms with Gasteiger partial charge in [0.05, 0.1) is 0 Å². The Balaban J connectivity index is 4.03. The lowest BCUT2D eigenvalue weighted by Crippen LogP contribution is -2.49. The third-order valence-corrected chi connectivity index (χ3v) is 2.67. The number of carboxylic acids is 1. The largest absolute Gasteiger partial charge is 0.479 e. The van der Waals surface area contributed by atoms with Gasteiger partial charge in [0.2, 0.25) is 0 Å². The van der Waals surface area contributed by atoms with Crippen molar-refractivity contribution in [1.82, 2.24) is 15.5 Å². The molecule has 0 aliphatic heterocycles. The van der Waals surface area contributed by atoms with E-state index in [0.29, 0.717) is 0 Å². The topological polar surface area (TPSA) is 102 Å². The molecule has 0 saturated carbocycles. The number of carboxylic acid groups (broad SMARTS) is 1. The van der Waals surface area contributed by atoms with Crippen LogP contribution in [0.15, 0.2) is 0 Å². The number of aliphatic hydroxyl groups is 1. The minimum absolute atomic E-state index is 0.0111. The van der Waals surface area contributed by atoms with Crippen molar-refractivity contribution in [3.8, 4) is 0 Å². The van der Waals surface area contributed by atoms with Crippen LogP contribution in [0.1, 0.15) is 20.3 Å². The normalized spacial score (nSPS) is 14.3. The van der Waals surface area contributed by atoms with Gasteiger partial charge in [0.15, 0.2) is 6.10 Å². The second kappa shape index (κ2) is 8.71. The number of likely N-dealkylation sites (N-methyl/N-ethyl adjacent to an activating group) is 1. The highest BCUT2D eigenvalue weighted by atomic mass is 16.4. The van der Waals surface area contributed by atoms with Crippen LogP contribution in [0.25, 0.3) is 0 Å². The third-order valence-electron chi connectivity index (χ3n) is 2.67. The number of hydrogen-bond acceptors (Lipinski definition) is 4. The van der Waals surface area contributed by atoms with Crippen molar-refractivity contribution in [2.24, 2.45) is 5.92 Å². The van der Waals surface area contributed by atoms with Crippen molar-refractivity contribution in [2.45, 2.75) is 32.4 Å². The zero-order valence-corrected chi connectivity index (χ0v) is 12.0. The molecule has 0 bridgehead atoms. The van der Waals surface area contributed by atoms with Crippen molar-refractivity contribution in [3.63, 3.8) is 0 Å². The van der Waals surface area contributed by atoms with E-state index >= 15 is 0 Å². The van der Waals surface area contributed by atoms with Gasteiger partial charge in [0, 0.05) is 25.6 Å². The molecule has 0 fully saturated rings. The van der Waals surface area contributed by atoms with Crippen molar-refractivity contribution >= 4 is 12.0 Å². The molecule has 0 saturated heterocycles. The standard InChI is InChI=1S/C12H25N3O4/c1-8(2)9(7-15(3)4)14-12(19)13-6-5-10(16)11(17)18/h8-10,16H,5-7H2,1-4H3,(H,17,18)(H2,13,14,19)/t9?,10-/m0/s1. The van der Waals surface area contributed by atoms with Crippen LogP contribution in [0.5, 0.6) is 0 Å². The Bertz CT molecular complexity index is 295. The lowest BCUT2D eigenvalue weighted by Gasteiger charge is -2.25. The van der Waals surface area contributed by atoms with Gasteiger partial charge in [-0.25, -0.2) is 9.59 Å². The summed E-state index contributed by atoms with van der Waals surface area (Å²) in [6, 6.07) is -0.336.